The van der Waals surface area contributed by atoms with Gasteiger partial charge in [0.05, 0.1) is 18.0 Å². The monoisotopic (exact) mass is 316 g/mol. The van der Waals surface area contributed by atoms with Gasteiger partial charge < -0.3 is 8.74 Å². The van der Waals surface area contributed by atoms with Crippen LogP contribution in [-0.4, -0.2) is 15.4 Å². The summed E-state index contributed by atoms with van der Waals surface area (Å²) in [7, 11) is 0. The van der Waals surface area contributed by atoms with Gasteiger partial charge in [-0.3, -0.25) is 0 Å². The van der Waals surface area contributed by atoms with E-state index >= 15 is 0 Å². The third-order valence-corrected chi connectivity index (χ3v) is 3.54. The van der Waals surface area contributed by atoms with Crippen molar-refractivity contribution in [1.29, 1.82) is 0 Å². The summed E-state index contributed by atoms with van der Waals surface area (Å²) < 4.78 is 24.6. The van der Waals surface area contributed by atoms with Crippen molar-refractivity contribution in [3.8, 4) is 0 Å². The molecule has 19 heavy (non-hydrogen) atoms. The molecule has 3 nitrogen and oxygen atoms in total. The van der Waals surface area contributed by atoms with E-state index in [1.807, 2.05) is 0 Å². The molecule has 1 unspecified atom stereocenters. The Hall–Kier alpha value is 1.71. The van der Waals surface area contributed by atoms with Crippen LogP contribution in [0, 0.1) is 0 Å². The number of rotatable bonds is 14. The van der Waals surface area contributed by atoms with E-state index in [-0.39, 0.29) is 51.4 Å². The van der Waals surface area contributed by atoms with Crippen molar-refractivity contribution in [1.82, 2.24) is 0 Å². The maximum Gasteiger partial charge on any atom is 1.00 e. The largest absolute Gasteiger partial charge is 1.00 e. The molecule has 0 bridgehead atoms. The molecule has 0 aromatic heterocycles. The Bertz CT molecular complexity index is 192. The molecule has 0 spiro atoms. The van der Waals surface area contributed by atoms with Gasteiger partial charge in [-0.25, -0.2) is 4.21 Å². The molecule has 1 atom stereocenters. The fourth-order valence-corrected chi connectivity index (χ4v) is 2.32. The molecule has 0 aromatic rings. The molecule has 0 aliphatic rings. The van der Waals surface area contributed by atoms with Gasteiger partial charge in [-0.1, -0.05) is 77.6 Å². The van der Waals surface area contributed by atoms with E-state index in [0.29, 0.717) is 6.61 Å². The first kappa shape index (κ1) is 23.0. The van der Waals surface area contributed by atoms with Crippen LogP contribution in [0.2, 0.25) is 0 Å². The fourth-order valence-electron chi connectivity index (χ4n) is 2.07. The topological polar surface area (TPSA) is 49.4 Å². The van der Waals surface area contributed by atoms with E-state index in [9.17, 15) is 8.76 Å². The minimum atomic E-state index is -2.33. The maximum atomic E-state index is 10.1. The van der Waals surface area contributed by atoms with Crippen molar-refractivity contribution in [2.75, 3.05) is 6.61 Å². The standard InChI is InChI=1S/C14H30O3S.K/c1-2-3-4-5-6-7-8-9-10-11-12-13-14-17-18(15)16;/h2-14H2,1H3,(H,15,16);/q;+1/p-1. The van der Waals surface area contributed by atoms with E-state index in [4.69, 9.17) is 0 Å². The zero-order chi connectivity index (χ0) is 13.5. The average molecular weight is 317 g/mol. The Kier molecular flexibility index (Phi) is 23.8. The molecule has 0 fully saturated rings. The van der Waals surface area contributed by atoms with Crippen LogP contribution < -0.4 is 51.4 Å². The molecule has 0 saturated heterocycles. The maximum absolute atomic E-state index is 10.1. The summed E-state index contributed by atoms with van der Waals surface area (Å²) >= 11 is -2.33. The Morgan fingerprint density at radius 1 is 0.789 bits per heavy atom. The normalized spacial score (nSPS) is 12.1. The van der Waals surface area contributed by atoms with Gasteiger partial charge in [-0.05, 0) is 6.42 Å². The molecule has 0 aliphatic heterocycles. The Morgan fingerprint density at radius 3 is 1.53 bits per heavy atom. The van der Waals surface area contributed by atoms with Crippen LogP contribution >= 0.6 is 0 Å². The molecule has 110 valence electrons. The second-order valence-corrected chi connectivity index (χ2v) is 5.56. The van der Waals surface area contributed by atoms with Gasteiger partial charge in [0, 0.05) is 0 Å². The van der Waals surface area contributed by atoms with Crippen LogP contribution in [0.3, 0.4) is 0 Å². The van der Waals surface area contributed by atoms with Gasteiger partial charge in [0.25, 0.3) is 0 Å². The van der Waals surface area contributed by atoms with E-state index in [1.54, 1.807) is 0 Å². The minimum absolute atomic E-state index is 0. The smallest absolute Gasteiger partial charge is 0.750 e. The number of unbranched alkanes of at least 4 members (excludes halogenated alkanes) is 11. The fraction of sp³-hybridized carbons (Fsp3) is 1.00. The molecule has 0 N–H and O–H groups in total. The third-order valence-electron chi connectivity index (χ3n) is 3.18. The molecule has 0 aliphatic carbocycles. The first-order valence-corrected chi connectivity index (χ1v) is 8.50. The molecule has 0 radical (unpaired) electrons. The number of hydrogen-bond donors (Lipinski definition) is 0. The molecule has 0 aromatic carbocycles. The van der Waals surface area contributed by atoms with Gasteiger partial charge in [0.1, 0.15) is 0 Å². The van der Waals surface area contributed by atoms with Crippen molar-refractivity contribution in [2.24, 2.45) is 0 Å². The minimum Gasteiger partial charge on any atom is -0.750 e. The third kappa shape index (κ3) is 22.1. The second-order valence-electron chi connectivity index (χ2n) is 4.92. The van der Waals surface area contributed by atoms with Crippen molar-refractivity contribution < 1.29 is 64.3 Å². The van der Waals surface area contributed by atoms with Gasteiger partial charge in [0.15, 0.2) is 0 Å². The zero-order valence-electron chi connectivity index (χ0n) is 12.8. The summed E-state index contributed by atoms with van der Waals surface area (Å²) in [5.74, 6) is 0. The van der Waals surface area contributed by atoms with Gasteiger partial charge in [0.2, 0.25) is 0 Å². The van der Waals surface area contributed by atoms with Crippen LogP contribution in [0.5, 0.6) is 0 Å². The molecule has 0 heterocycles. The predicted octanol–water partition coefficient (Wildman–Crippen LogP) is 1.50. The van der Waals surface area contributed by atoms with Gasteiger partial charge in [-0.2, -0.15) is 0 Å². The molecule has 0 saturated carbocycles. The second kappa shape index (κ2) is 19.7. The van der Waals surface area contributed by atoms with Crippen LogP contribution in [0.25, 0.3) is 0 Å². The zero-order valence-corrected chi connectivity index (χ0v) is 16.8. The molecule has 0 amide bonds. The summed E-state index contributed by atoms with van der Waals surface area (Å²) in [6, 6.07) is 0. The van der Waals surface area contributed by atoms with E-state index in [2.05, 4.69) is 11.1 Å². The average Bonchev–Trinajstić information content (AvgIpc) is 2.34. The first-order valence-electron chi connectivity index (χ1n) is 7.50. The first-order chi connectivity index (χ1) is 8.77. The molecule has 0 rings (SSSR count). The summed E-state index contributed by atoms with van der Waals surface area (Å²) in [5.41, 5.74) is 0. The van der Waals surface area contributed by atoms with Gasteiger partial charge in [-0.15, -0.1) is 0 Å². The predicted molar refractivity (Wildman–Crippen MR) is 75.9 cm³/mol. The van der Waals surface area contributed by atoms with Crippen LogP contribution in [0.1, 0.15) is 84.0 Å². The van der Waals surface area contributed by atoms with Crippen LogP contribution in [-0.2, 0) is 15.5 Å². The van der Waals surface area contributed by atoms with Gasteiger partial charge >= 0.3 is 51.4 Å². The van der Waals surface area contributed by atoms with Crippen molar-refractivity contribution >= 4 is 11.4 Å². The summed E-state index contributed by atoms with van der Waals surface area (Å²) in [4.78, 5) is 0. The Morgan fingerprint density at radius 2 is 1.16 bits per heavy atom. The summed E-state index contributed by atoms with van der Waals surface area (Å²) in [6.45, 7) is 2.59. The molecular weight excluding hydrogens is 287 g/mol. The van der Waals surface area contributed by atoms with Crippen LogP contribution in [0.15, 0.2) is 0 Å². The van der Waals surface area contributed by atoms with E-state index in [1.165, 1.54) is 64.2 Å². The Labute approximate surface area is 164 Å². The summed E-state index contributed by atoms with van der Waals surface area (Å²) in [6.07, 6.45) is 15.4. The van der Waals surface area contributed by atoms with E-state index < -0.39 is 11.4 Å². The van der Waals surface area contributed by atoms with Crippen molar-refractivity contribution in [3.05, 3.63) is 0 Å². The quantitative estimate of drug-likeness (QED) is 0.277. The van der Waals surface area contributed by atoms with E-state index in [0.717, 1.165) is 12.8 Å². The SMILES string of the molecule is CCCCCCCCCCCCCCOS(=O)[O-].[K+]. The number of hydrogen-bond acceptors (Lipinski definition) is 3. The van der Waals surface area contributed by atoms with Crippen molar-refractivity contribution in [3.63, 3.8) is 0 Å². The Balaban J connectivity index is 0. The molecular formula is C14H29KO3S. The van der Waals surface area contributed by atoms with Crippen molar-refractivity contribution in [2.45, 2.75) is 84.0 Å². The summed E-state index contributed by atoms with van der Waals surface area (Å²) in [5, 5.41) is 0. The molecule has 5 heteroatoms. The van der Waals surface area contributed by atoms with Crippen LogP contribution in [0.4, 0.5) is 0 Å².